The van der Waals surface area contributed by atoms with Crippen LogP contribution in [0.15, 0.2) is 42.6 Å². The van der Waals surface area contributed by atoms with Gasteiger partial charge in [-0.05, 0) is 36.2 Å². The second-order valence-electron chi connectivity index (χ2n) is 5.53. The molecule has 0 bridgehead atoms. The van der Waals surface area contributed by atoms with E-state index in [2.05, 4.69) is 22.1 Å². The van der Waals surface area contributed by atoms with Gasteiger partial charge >= 0.3 is 0 Å². The average Bonchev–Trinajstić information content (AvgIpc) is 2.55. The van der Waals surface area contributed by atoms with Gasteiger partial charge in [0.15, 0.2) is 0 Å². The molecular weight excluding hydrogens is 310 g/mol. The second kappa shape index (κ2) is 8.53. The molecule has 4 nitrogen and oxygen atoms in total. The van der Waals surface area contributed by atoms with Gasteiger partial charge in [0.25, 0.3) is 0 Å². The molecule has 0 atom stereocenters. The van der Waals surface area contributed by atoms with Crippen molar-refractivity contribution in [3.63, 3.8) is 0 Å². The molecule has 5 heteroatoms. The average molecular weight is 332 g/mol. The Morgan fingerprint density at radius 2 is 1.96 bits per heavy atom. The van der Waals surface area contributed by atoms with Gasteiger partial charge in [-0.15, -0.1) is 0 Å². The maximum absolute atomic E-state index is 12.0. The number of anilines is 2. The third kappa shape index (κ3) is 5.57. The molecule has 0 aliphatic rings. The molecule has 0 fully saturated rings. The molecule has 1 heterocycles. The topological polar surface area (TPSA) is 45.2 Å². The van der Waals surface area contributed by atoms with Gasteiger partial charge < -0.3 is 10.2 Å². The lowest BCUT2D eigenvalue weighted by molar-refractivity contribution is -0.115. The first-order valence-corrected chi connectivity index (χ1v) is 8.17. The molecule has 0 unspecified atom stereocenters. The van der Waals surface area contributed by atoms with Crippen molar-refractivity contribution in [3.8, 4) is 0 Å². The maximum atomic E-state index is 12.0. The van der Waals surface area contributed by atoms with E-state index in [1.807, 2.05) is 31.3 Å². The monoisotopic (exact) mass is 331 g/mol. The van der Waals surface area contributed by atoms with E-state index in [0.717, 1.165) is 30.6 Å². The van der Waals surface area contributed by atoms with E-state index in [-0.39, 0.29) is 5.91 Å². The summed E-state index contributed by atoms with van der Waals surface area (Å²) in [5, 5.41) is 3.48. The minimum atomic E-state index is -0.0908. The zero-order valence-electron chi connectivity index (χ0n) is 13.6. The van der Waals surface area contributed by atoms with Crippen LogP contribution >= 0.6 is 11.6 Å². The molecule has 2 aromatic rings. The molecule has 0 radical (unpaired) electrons. The smallest absolute Gasteiger partial charge is 0.229 e. The lowest BCUT2D eigenvalue weighted by Crippen LogP contribution is -2.19. The fraction of sp³-hybridized carbons (Fsp3) is 0.333. The summed E-state index contributed by atoms with van der Waals surface area (Å²) in [7, 11) is 2.05. The van der Waals surface area contributed by atoms with Crippen molar-refractivity contribution in [1.29, 1.82) is 0 Å². The highest BCUT2D eigenvalue weighted by atomic mass is 35.5. The molecule has 23 heavy (non-hydrogen) atoms. The van der Waals surface area contributed by atoms with Gasteiger partial charge in [0, 0.05) is 18.6 Å². The number of carbonyl (C=O) groups is 1. The minimum absolute atomic E-state index is 0.0908. The summed E-state index contributed by atoms with van der Waals surface area (Å²) in [6, 6.07) is 11.1. The number of halogens is 1. The van der Waals surface area contributed by atoms with Crippen molar-refractivity contribution >= 4 is 29.0 Å². The van der Waals surface area contributed by atoms with Crippen LogP contribution in [-0.2, 0) is 11.2 Å². The van der Waals surface area contributed by atoms with Gasteiger partial charge in [-0.25, -0.2) is 4.98 Å². The summed E-state index contributed by atoms with van der Waals surface area (Å²) in [5.74, 6) is 0.475. The minimum Gasteiger partial charge on any atom is -0.373 e. The molecule has 0 aliphatic carbocycles. The Bertz CT molecular complexity index is 626. The number of nitrogens with one attached hydrogen (secondary N) is 1. The molecule has 122 valence electrons. The lowest BCUT2D eigenvalue weighted by Gasteiger charge is -2.18. The van der Waals surface area contributed by atoms with Crippen LogP contribution in [0.3, 0.4) is 0 Å². The van der Waals surface area contributed by atoms with Crippen molar-refractivity contribution in [2.24, 2.45) is 0 Å². The number of hydrogen-bond donors (Lipinski definition) is 1. The fourth-order valence-electron chi connectivity index (χ4n) is 2.18. The molecule has 1 amide bonds. The normalized spacial score (nSPS) is 10.4. The van der Waals surface area contributed by atoms with Crippen molar-refractivity contribution in [2.45, 2.75) is 26.2 Å². The van der Waals surface area contributed by atoms with Gasteiger partial charge in [-0.3, -0.25) is 4.79 Å². The van der Waals surface area contributed by atoms with Crippen LogP contribution in [0.1, 0.15) is 25.3 Å². The predicted molar refractivity (Wildman–Crippen MR) is 96.2 cm³/mol. The number of rotatable bonds is 7. The molecule has 0 aliphatic heterocycles. The van der Waals surface area contributed by atoms with E-state index >= 15 is 0 Å². The quantitative estimate of drug-likeness (QED) is 0.828. The van der Waals surface area contributed by atoms with Crippen molar-refractivity contribution in [2.75, 3.05) is 23.8 Å². The third-order valence-corrected chi connectivity index (χ3v) is 3.83. The van der Waals surface area contributed by atoms with Crippen LogP contribution < -0.4 is 10.2 Å². The number of unbranched alkanes of at least 4 members (excludes halogenated alkanes) is 1. The number of nitrogens with zero attached hydrogens (tertiary/aromatic N) is 2. The van der Waals surface area contributed by atoms with Crippen LogP contribution in [0.25, 0.3) is 0 Å². The first-order valence-electron chi connectivity index (χ1n) is 7.80. The van der Waals surface area contributed by atoms with Crippen molar-refractivity contribution in [3.05, 3.63) is 53.2 Å². The van der Waals surface area contributed by atoms with E-state index in [4.69, 9.17) is 11.6 Å². The van der Waals surface area contributed by atoms with E-state index in [1.54, 1.807) is 18.3 Å². The lowest BCUT2D eigenvalue weighted by atomic mass is 10.1. The Balaban J connectivity index is 1.89. The SMILES string of the molecule is CCCCN(C)c1ccc(NC(=O)Cc2ccc(Cl)cc2)nc1. The number of hydrogen-bond acceptors (Lipinski definition) is 3. The van der Waals surface area contributed by atoms with Gasteiger partial charge in [-0.1, -0.05) is 37.1 Å². The highest BCUT2D eigenvalue weighted by molar-refractivity contribution is 6.30. The van der Waals surface area contributed by atoms with Crippen LogP contribution in [0.5, 0.6) is 0 Å². The first kappa shape index (κ1) is 17.3. The van der Waals surface area contributed by atoms with Crippen LogP contribution in [0.2, 0.25) is 5.02 Å². The summed E-state index contributed by atoms with van der Waals surface area (Å²) < 4.78 is 0. The van der Waals surface area contributed by atoms with Gasteiger partial charge in [0.2, 0.25) is 5.91 Å². The largest absolute Gasteiger partial charge is 0.373 e. The Morgan fingerprint density at radius 1 is 1.22 bits per heavy atom. The summed E-state index contributed by atoms with van der Waals surface area (Å²) in [6.07, 6.45) is 4.40. The predicted octanol–water partition coefficient (Wildman–Crippen LogP) is 4.15. The van der Waals surface area contributed by atoms with Crippen LogP contribution in [0.4, 0.5) is 11.5 Å². The third-order valence-electron chi connectivity index (χ3n) is 3.58. The van der Waals surface area contributed by atoms with Gasteiger partial charge in [-0.2, -0.15) is 0 Å². The van der Waals surface area contributed by atoms with E-state index in [0.29, 0.717) is 17.3 Å². The number of amides is 1. The number of benzene rings is 1. The summed E-state index contributed by atoms with van der Waals surface area (Å²) in [4.78, 5) is 18.5. The maximum Gasteiger partial charge on any atom is 0.229 e. The van der Waals surface area contributed by atoms with Crippen LogP contribution in [0, 0.1) is 0 Å². The highest BCUT2D eigenvalue weighted by Crippen LogP contribution is 2.15. The Morgan fingerprint density at radius 3 is 2.57 bits per heavy atom. The molecule has 2 rings (SSSR count). The standard InChI is InChI=1S/C18H22ClN3O/c1-3-4-11-22(2)16-9-10-17(20-13-16)21-18(23)12-14-5-7-15(19)8-6-14/h5-10,13H,3-4,11-12H2,1-2H3,(H,20,21,23). The summed E-state index contributed by atoms with van der Waals surface area (Å²) in [6.45, 7) is 3.17. The van der Waals surface area contributed by atoms with E-state index in [9.17, 15) is 4.79 Å². The summed E-state index contributed by atoms with van der Waals surface area (Å²) >= 11 is 5.84. The van der Waals surface area contributed by atoms with Crippen molar-refractivity contribution < 1.29 is 4.79 Å². The number of carbonyl (C=O) groups excluding carboxylic acids is 1. The molecule has 0 saturated carbocycles. The molecular formula is C18H22ClN3O. The van der Waals surface area contributed by atoms with E-state index < -0.39 is 0 Å². The Kier molecular flexibility index (Phi) is 6.41. The Labute approximate surface area is 142 Å². The van der Waals surface area contributed by atoms with E-state index in [1.165, 1.54) is 0 Å². The zero-order chi connectivity index (χ0) is 16.7. The number of pyridine rings is 1. The highest BCUT2D eigenvalue weighted by Gasteiger charge is 2.06. The molecule has 0 spiro atoms. The fourth-order valence-corrected chi connectivity index (χ4v) is 2.31. The molecule has 1 aromatic heterocycles. The second-order valence-corrected chi connectivity index (χ2v) is 5.96. The van der Waals surface area contributed by atoms with Gasteiger partial charge in [0.1, 0.15) is 5.82 Å². The molecule has 1 N–H and O–H groups in total. The first-order chi connectivity index (χ1) is 11.1. The molecule has 0 saturated heterocycles. The molecule has 1 aromatic carbocycles. The van der Waals surface area contributed by atoms with Crippen molar-refractivity contribution in [1.82, 2.24) is 4.98 Å². The zero-order valence-corrected chi connectivity index (χ0v) is 14.3. The number of aromatic nitrogens is 1. The van der Waals surface area contributed by atoms with Gasteiger partial charge in [0.05, 0.1) is 18.3 Å². The Hall–Kier alpha value is -2.07. The van der Waals surface area contributed by atoms with Crippen LogP contribution in [-0.4, -0.2) is 24.5 Å². The summed E-state index contributed by atoms with van der Waals surface area (Å²) in [5.41, 5.74) is 1.97.